The summed E-state index contributed by atoms with van der Waals surface area (Å²) in [6.45, 7) is 8.90. The largest absolute Gasteiger partial charge is 0.303 e. The van der Waals surface area contributed by atoms with Gasteiger partial charge in [0.05, 0.1) is 0 Å². The van der Waals surface area contributed by atoms with Gasteiger partial charge in [-0.15, -0.1) is 0 Å². The van der Waals surface area contributed by atoms with Crippen molar-refractivity contribution in [1.29, 1.82) is 0 Å². The van der Waals surface area contributed by atoms with Crippen LogP contribution in [0.3, 0.4) is 0 Å². The highest BCUT2D eigenvalue weighted by atomic mass is 15.2. The molecule has 1 unspecified atom stereocenters. The van der Waals surface area contributed by atoms with E-state index in [0.29, 0.717) is 0 Å². The van der Waals surface area contributed by atoms with Gasteiger partial charge in [0, 0.05) is 13.1 Å². The predicted octanol–water partition coefficient (Wildman–Crippen LogP) is 2.37. The van der Waals surface area contributed by atoms with Crippen molar-refractivity contribution in [3.63, 3.8) is 0 Å². The Morgan fingerprint density at radius 3 is 2.83 bits per heavy atom. The summed E-state index contributed by atoms with van der Waals surface area (Å²) in [4.78, 5) is 2.67. The van der Waals surface area contributed by atoms with Crippen LogP contribution in [0.1, 0.15) is 33.1 Å². The Morgan fingerprint density at radius 2 is 2.17 bits per heavy atom. The molecule has 2 aliphatic rings. The van der Waals surface area contributed by atoms with Gasteiger partial charge in [-0.1, -0.05) is 13.8 Å². The minimum atomic E-state index is 0.897. The van der Waals surface area contributed by atoms with E-state index in [9.17, 15) is 0 Å². The van der Waals surface area contributed by atoms with Crippen LogP contribution < -0.4 is 0 Å². The lowest BCUT2D eigenvalue weighted by Crippen LogP contribution is -2.33. The molecule has 0 spiro atoms. The number of hydrogen-bond acceptors (Lipinski definition) is 1. The first-order valence-corrected chi connectivity index (χ1v) is 5.46. The Bertz CT molecular complexity index is 141. The molecule has 3 atom stereocenters. The second kappa shape index (κ2) is 3.37. The second-order valence-electron chi connectivity index (χ2n) is 5.15. The fourth-order valence-corrected chi connectivity index (χ4v) is 3.02. The molecule has 2 bridgehead atoms. The third kappa shape index (κ3) is 1.82. The Labute approximate surface area is 76.1 Å². The van der Waals surface area contributed by atoms with Crippen LogP contribution in [0.2, 0.25) is 0 Å². The molecular weight excluding hydrogens is 146 g/mol. The number of hydrogen-bond donors (Lipinski definition) is 0. The maximum absolute atomic E-state index is 2.67. The first-order chi connectivity index (χ1) is 5.74. The molecule has 70 valence electrons. The van der Waals surface area contributed by atoms with Crippen LogP contribution in [0, 0.1) is 17.8 Å². The van der Waals surface area contributed by atoms with Crippen molar-refractivity contribution in [2.75, 3.05) is 19.6 Å². The zero-order chi connectivity index (χ0) is 8.55. The Morgan fingerprint density at radius 1 is 1.33 bits per heavy atom. The van der Waals surface area contributed by atoms with E-state index in [-0.39, 0.29) is 0 Å². The van der Waals surface area contributed by atoms with E-state index in [4.69, 9.17) is 0 Å². The normalized spacial score (nSPS) is 40.8. The van der Waals surface area contributed by atoms with Gasteiger partial charge in [0.1, 0.15) is 0 Å². The minimum absolute atomic E-state index is 0.897. The number of nitrogens with zero attached hydrogens (tertiary/aromatic N) is 1. The molecule has 2 fully saturated rings. The van der Waals surface area contributed by atoms with E-state index < -0.39 is 0 Å². The standard InChI is InChI=1S/C11H21N/c1-9(2)5-11-6-10-3-4-12(7-10)8-11/h9-11H,3-8H2,1-2H3/t10-,11-/m0/s1. The summed E-state index contributed by atoms with van der Waals surface area (Å²) in [6, 6.07) is 0. The smallest absolute Gasteiger partial charge is 0.00104 e. The van der Waals surface area contributed by atoms with Crippen molar-refractivity contribution in [3.05, 3.63) is 0 Å². The maximum atomic E-state index is 2.67. The van der Waals surface area contributed by atoms with Gasteiger partial charge in [-0.25, -0.2) is 0 Å². The summed E-state index contributed by atoms with van der Waals surface area (Å²) in [6.07, 6.45) is 4.45. The monoisotopic (exact) mass is 167 g/mol. The van der Waals surface area contributed by atoms with Gasteiger partial charge in [0.2, 0.25) is 0 Å². The molecule has 0 amide bonds. The summed E-state index contributed by atoms with van der Waals surface area (Å²) >= 11 is 0. The highest BCUT2D eigenvalue weighted by Gasteiger charge is 2.32. The lowest BCUT2D eigenvalue weighted by molar-refractivity contribution is 0.182. The zero-order valence-corrected chi connectivity index (χ0v) is 8.42. The summed E-state index contributed by atoms with van der Waals surface area (Å²) in [5, 5.41) is 0. The first kappa shape index (κ1) is 8.55. The summed E-state index contributed by atoms with van der Waals surface area (Å²) in [5.41, 5.74) is 0. The van der Waals surface area contributed by atoms with E-state index in [0.717, 1.165) is 17.8 Å². The number of piperidine rings is 1. The number of rotatable bonds is 2. The fraction of sp³-hybridized carbons (Fsp3) is 1.00. The van der Waals surface area contributed by atoms with E-state index >= 15 is 0 Å². The third-order valence-electron chi connectivity index (χ3n) is 3.36. The van der Waals surface area contributed by atoms with Gasteiger partial charge in [-0.05, 0) is 43.6 Å². The molecule has 12 heavy (non-hydrogen) atoms. The average Bonchev–Trinajstić information content (AvgIpc) is 2.29. The highest BCUT2D eigenvalue weighted by molar-refractivity contribution is 4.85. The molecule has 2 aliphatic heterocycles. The van der Waals surface area contributed by atoms with Crippen LogP contribution in [-0.4, -0.2) is 24.5 Å². The molecule has 1 nitrogen and oxygen atoms in total. The molecular formula is C11H21N. The molecule has 2 saturated heterocycles. The van der Waals surface area contributed by atoms with Crippen molar-refractivity contribution in [2.24, 2.45) is 17.8 Å². The Hall–Kier alpha value is -0.0400. The van der Waals surface area contributed by atoms with E-state index in [1.165, 1.54) is 38.9 Å². The number of fused-ring (bicyclic) bond motifs is 2. The summed E-state index contributed by atoms with van der Waals surface area (Å²) in [7, 11) is 0. The van der Waals surface area contributed by atoms with Crippen molar-refractivity contribution < 1.29 is 0 Å². The molecule has 0 aromatic rings. The molecule has 1 heteroatoms. The van der Waals surface area contributed by atoms with Gasteiger partial charge >= 0.3 is 0 Å². The summed E-state index contributed by atoms with van der Waals surface area (Å²) < 4.78 is 0. The van der Waals surface area contributed by atoms with Crippen molar-refractivity contribution in [3.8, 4) is 0 Å². The molecule has 0 saturated carbocycles. The Kier molecular flexibility index (Phi) is 2.40. The first-order valence-electron chi connectivity index (χ1n) is 5.46. The molecule has 0 N–H and O–H groups in total. The van der Waals surface area contributed by atoms with Gasteiger partial charge in [0.15, 0.2) is 0 Å². The van der Waals surface area contributed by atoms with Crippen molar-refractivity contribution in [2.45, 2.75) is 33.1 Å². The lowest BCUT2D eigenvalue weighted by atomic mass is 9.86. The van der Waals surface area contributed by atoms with Gasteiger partial charge in [-0.3, -0.25) is 0 Å². The fourth-order valence-electron chi connectivity index (χ4n) is 3.02. The van der Waals surface area contributed by atoms with E-state index in [1.807, 2.05) is 0 Å². The SMILES string of the molecule is CC(C)C[C@H]1C[C@@H]2CCN(C2)C1. The third-order valence-corrected chi connectivity index (χ3v) is 3.36. The predicted molar refractivity (Wildman–Crippen MR) is 52.1 cm³/mol. The van der Waals surface area contributed by atoms with E-state index in [1.54, 1.807) is 0 Å². The quantitative estimate of drug-likeness (QED) is 0.610. The Balaban J connectivity index is 1.85. The van der Waals surface area contributed by atoms with Crippen LogP contribution in [0.4, 0.5) is 0 Å². The van der Waals surface area contributed by atoms with Crippen LogP contribution in [0.5, 0.6) is 0 Å². The maximum Gasteiger partial charge on any atom is 0.00104 e. The van der Waals surface area contributed by atoms with Crippen LogP contribution in [0.25, 0.3) is 0 Å². The van der Waals surface area contributed by atoms with E-state index in [2.05, 4.69) is 18.7 Å². The molecule has 0 aliphatic carbocycles. The second-order valence-corrected chi connectivity index (χ2v) is 5.15. The zero-order valence-electron chi connectivity index (χ0n) is 8.42. The topological polar surface area (TPSA) is 3.24 Å². The average molecular weight is 167 g/mol. The highest BCUT2D eigenvalue weighted by Crippen LogP contribution is 2.33. The lowest BCUT2D eigenvalue weighted by Gasteiger charge is -2.30. The minimum Gasteiger partial charge on any atom is -0.303 e. The van der Waals surface area contributed by atoms with Crippen LogP contribution in [-0.2, 0) is 0 Å². The van der Waals surface area contributed by atoms with Gasteiger partial charge < -0.3 is 4.90 Å². The summed E-state index contributed by atoms with van der Waals surface area (Å²) in [5.74, 6) is 2.97. The van der Waals surface area contributed by atoms with Crippen LogP contribution in [0.15, 0.2) is 0 Å². The van der Waals surface area contributed by atoms with Gasteiger partial charge in [0.25, 0.3) is 0 Å². The van der Waals surface area contributed by atoms with Crippen LogP contribution >= 0.6 is 0 Å². The molecule has 2 heterocycles. The molecule has 0 aromatic carbocycles. The molecule has 2 rings (SSSR count). The van der Waals surface area contributed by atoms with Gasteiger partial charge in [-0.2, -0.15) is 0 Å². The van der Waals surface area contributed by atoms with Crippen molar-refractivity contribution in [1.82, 2.24) is 4.90 Å². The molecule has 0 radical (unpaired) electrons. The van der Waals surface area contributed by atoms with Crippen molar-refractivity contribution >= 4 is 0 Å². The molecule has 0 aromatic heterocycles.